The molecule has 1 saturated heterocycles. The van der Waals surface area contributed by atoms with Gasteiger partial charge in [0.25, 0.3) is 0 Å². The quantitative estimate of drug-likeness (QED) is 0.867. The van der Waals surface area contributed by atoms with E-state index in [0.717, 1.165) is 25.8 Å². The van der Waals surface area contributed by atoms with Crippen molar-refractivity contribution < 1.29 is 9.90 Å². The number of anilines is 1. The first kappa shape index (κ1) is 17.7. The molecule has 1 unspecified atom stereocenters. The van der Waals surface area contributed by atoms with Crippen LogP contribution in [-0.2, 0) is 4.79 Å². The zero-order chi connectivity index (χ0) is 16.7. The first-order valence-electron chi connectivity index (χ1n) is 7.93. The molecule has 1 heterocycles. The fourth-order valence-electron chi connectivity index (χ4n) is 2.94. The molecule has 6 heteroatoms. The van der Waals surface area contributed by atoms with Crippen LogP contribution in [0.25, 0.3) is 0 Å². The fourth-order valence-corrected chi connectivity index (χ4v) is 3.12. The second-order valence-electron chi connectivity index (χ2n) is 5.74. The minimum absolute atomic E-state index is 0.0462. The van der Waals surface area contributed by atoms with Gasteiger partial charge in [0.05, 0.1) is 25.6 Å². The molecule has 2 rings (SSSR count). The van der Waals surface area contributed by atoms with Crippen molar-refractivity contribution in [1.29, 1.82) is 5.26 Å². The zero-order valence-corrected chi connectivity index (χ0v) is 13.9. The van der Waals surface area contributed by atoms with Gasteiger partial charge in [0.2, 0.25) is 5.91 Å². The number of halogens is 1. The monoisotopic (exact) mass is 335 g/mol. The van der Waals surface area contributed by atoms with E-state index in [1.165, 1.54) is 0 Å². The highest BCUT2D eigenvalue weighted by Crippen LogP contribution is 2.22. The van der Waals surface area contributed by atoms with Crippen LogP contribution in [0.2, 0.25) is 5.02 Å². The molecule has 0 aromatic heterocycles. The highest BCUT2D eigenvalue weighted by molar-refractivity contribution is 6.30. The number of piperidine rings is 1. The van der Waals surface area contributed by atoms with Gasteiger partial charge in [-0.3, -0.25) is 9.69 Å². The summed E-state index contributed by atoms with van der Waals surface area (Å²) in [7, 11) is 0. The average molecular weight is 336 g/mol. The van der Waals surface area contributed by atoms with Crippen molar-refractivity contribution in [2.45, 2.75) is 31.7 Å². The van der Waals surface area contributed by atoms with E-state index in [9.17, 15) is 9.90 Å². The predicted octanol–water partition coefficient (Wildman–Crippen LogP) is 2.43. The van der Waals surface area contributed by atoms with Crippen LogP contribution in [-0.4, -0.2) is 48.2 Å². The average Bonchev–Trinajstić information content (AvgIpc) is 2.56. The number of hydrogen-bond donors (Lipinski definition) is 1. The number of carbonyl (C=O) groups excluding carboxylic acids is 1. The highest BCUT2D eigenvalue weighted by atomic mass is 35.5. The van der Waals surface area contributed by atoms with Crippen molar-refractivity contribution in [3.05, 3.63) is 29.3 Å². The Labute approximate surface area is 142 Å². The maximum atomic E-state index is 12.7. The Bertz CT molecular complexity index is 573. The van der Waals surface area contributed by atoms with E-state index >= 15 is 0 Å². The molecule has 1 aromatic rings. The number of nitrogens with zero attached hydrogens (tertiary/aromatic N) is 3. The number of rotatable bonds is 6. The number of carbonyl (C=O) groups is 1. The topological polar surface area (TPSA) is 67.6 Å². The Hall–Kier alpha value is -1.61. The maximum absolute atomic E-state index is 12.7. The molecule has 1 amide bonds. The molecule has 0 saturated carbocycles. The van der Waals surface area contributed by atoms with Crippen LogP contribution in [0.1, 0.15) is 25.7 Å². The van der Waals surface area contributed by atoms with E-state index in [2.05, 4.69) is 6.07 Å². The van der Waals surface area contributed by atoms with E-state index in [1.807, 2.05) is 11.0 Å². The summed E-state index contributed by atoms with van der Waals surface area (Å²) in [5, 5.41) is 18.9. The summed E-state index contributed by atoms with van der Waals surface area (Å²) >= 11 is 6.02. The SMILES string of the molecule is N#CCCN(C(=O)CN1CCCCC1CO)c1cccc(Cl)c1. The molecule has 0 radical (unpaired) electrons. The lowest BCUT2D eigenvalue weighted by Gasteiger charge is -2.35. The Morgan fingerprint density at radius 2 is 2.30 bits per heavy atom. The Morgan fingerprint density at radius 3 is 3.00 bits per heavy atom. The number of hydrogen-bond acceptors (Lipinski definition) is 4. The van der Waals surface area contributed by atoms with Gasteiger partial charge >= 0.3 is 0 Å². The van der Waals surface area contributed by atoms with Gasteiger partial charge in [0.1, 0.15) is 0 Å². The molecular formula is C17H22ClN3O2. The molecule has 1 fully saturated rings. The molecule has 23 heavy (non-hydrogen) atoms. The largest absolute Gasteiger partial charge is 0.395 e. The fraction of sp³-hybridized carbons (Fsp3) is 0.529. The second kappa shape index (κ2) is 8.88. The van der Waals surface area contributed by atoms with E-state index in [1.54, 1.807) is 23.1 Å². The van der Waals surface area contributed by atoms with E-state index in [4.69, 9.17) is 16.9 Å². The molecular weight excluding hydrogens is 314 g/mol. The van der Waals surface area contributed by atoms with Crippen LogP contribution in [0.3, 0.4) is 0 Å². The molecule has 0 aliphatic carbocycles. The van der Waals surface area contributed by atoms with Crippen LogP contribution in [0.5, 0.6) is 0 Å². The summed E-state index contributed by atoms with van der Waals surface area (Å²) in [6, 6.07) is 9.23. The lowest BCUT2D eigenvalue weighted by atomic mass is 10.0. The van der Waals surface area contributed by atoms with Crippen LogP contribution in [0.4, 0.5) is 5.69 Å². The smallest absolute Gasteiger partial charge is 0.241 e. The van der Waals surface area contributed by atoms with Crippen LogP contribution >= 0.6 is 11.6 Å². The van der Waals surface area contributed by atoms with E-state index in [0.29, 0.717) is 17.3 Å². The molecule has 1 aliphatic rings. The number of benzene rings is 1. The molecule has 124 valence electrons. The number of aliphatic hydroxyl groups is 1. The molecule has 1 N–H and O–H groups in total. The summed E-state index contributed by atoms with van der Waals surface area (Å²) in [6.45, 7) is 1.48. The van der Waals surface area contributed by atoms with Crippen molar-refractivity contribution in [2.24, 2.45) is 0 Å². The van der Waals surface area contributed by atoms with Gasteiger partial charge < -0.3 is 10.0 Å². The third-order valence-corrected chi connectivity index (χ3v) is 4.40. The minimum atomic E-state index is -0.0668. The van der Waals surface area contributed by atoms with Crippen molar-refractivity contribution >= 4 is 23.2 Å². The van der Waals surface area contributed by atoms with E-state index in [-0.39, 0.29) is 31.5 Å². The van der Waals surface area contributed by atoms with Crippen LogP contribution in [0, 0.1) is 11.3 Å². The third kappa shape index (κ3) is 4.93. The van der Waals surface area contributed by atoms with Gasteiger partial charge in [-0.25, -0.2) is 0 Å². The minimum Gasteiger partial charge on any atom is -0.395 e. The Balaban J connectivity index is 2.11. The van der Waals surface area contributed by atoms with Gasteiger partial charge in [0.15, 0.2) is 0 Å². The summed E-state index contributed by atoms with van der Waals surface area (Å²) in [4.78, 5) is 16.4. The second-order valence-corrected chi connectivity index (χ2v) is 6.17. The van der Waals surface area contributed by atoms with Crippen molar-refractivity contribution in [3.63, 3.8) is 0 Å². The van der Waals surface area contributed by atoms with Gasteiger partial charge in [-0.15, -0.1) is 0 Å². The Kier molecular flexibility index (Phi) is 6.85. The molecule has 1 atom stereocenters. The summed E-state index contributed by atoms with van der Waals surface area (Å²) in [5.74, 6) is -0.0668. The van der Waals surface area contributed by atoms with Gasteiger partial charge in [-0.1, -0.05) is 24.1 Å². The summed E-state index contributed by atoms with van der Waals surface area (Å²) < 4.78 is 0. The predicted molar refractivity (Wildman–Crippen MR) is 90.3 cm³/mol. The van der Waals surface area contributed by atoms with Crippen LogP contribution < -0.4 is 4.90 Å². The number of amides is 1. The van der Waals surface area contributed by atoms with Crippen molar-refractivity contribution in [3.8, 4) is 6.07 Å². The first-order valence-corrected chi connectivity index (χ1v) is 8.31. The first-order chi connectivity index (χ1) is 11.2. The standard InChI is InChI=1S/C17H22ClN3O2/c18-14-5-3-7-15(11-14)21(10-4-8-19)17(23)12-20-9-2-1-6-16(20)13-22/h3,5,7,11,16,22H,1-2,4,6,9-10,12-13H2. The zero-order valence-electron chi connectivity index (χ0n) is 13.1. The van der Waals surface area contributed by atoms with Crippen LogP contribution in [0.15, 0.2) is 24.3 Å². The highest BCUT2D eigenvalue weighted by Gasteiger charge is 2.26. The maximum Gasteiger partial charge on any atom is 0.241 e. The normalized spacial score (nSPS) is 18.4. The molecule has 0 bridgehead atoms. The number of nitriles is 1. The summed E-state index contributed by atoms with van der Waals surface area (Å²) in [5.41, 5.74) is 0.704. The van der Waals surface area contributed by atoms with Crippen molar-refractivity contribution in [2.75, 3.05) is 31.1 Å². The third-order valence-electron chi connectivity index (χ3n) is 4.17. The molecule has 1 aromatic carbocycles. The van der Waals surface area contributed by atoms with Gasteiger partial charge in [-0.05, 0) is 37.6 Å². The molecule has 5 nitrogen and oxygen atoms in total. The van der Waals surface area contributed by atoms with Gasteiger partial charge in [-0.2, -0.15) is 5.26 Å². The summed E-state index contributed by atoms with van der Waals surface area (Å²) in [6.07, 6.45) is 3.31. The van der Waals surface area contributed by atoms with E-state index < -0.39 is 0 Å². The lowest BCUT2D eigenvalue weighted by Crippen LogP contribution is -2.48. The Morgan fingerprint density at radius 1 is 1.48 bits per heavy atom. The number of likely N-dealkylation sites (tertiary alicyclic amines) is 1. The number of aliphatic hydroxyl groups excluding tert-OH is 1. The van der Waals surface area contributed by atoms with Crippen molar-refractivity contribution in [1.82, 2.24) is 4.90 Å². The molecule has 1 aliphatic heterocycles. The molecule has 0 spiro atoms. The van der Waals surface area contributed by atoms with Gasteiger partial charge in [0, 0.05) is 23.3 Å². The lowest BCUT2D eigenvalue weighted by molar-refractivity contribution is -0.120.